The van der Waals surface area contributed by atoms with E-state index in [9.17, 15) is 4.79 Å². The van der Waals surface area contributed by atoms with E-state index in [1.807, 2.05) is 0 Å². The molecule has 1 aliphatic carbocycles. The van der Waals surface area contributed by atoms with Crippen LogP contribution in [0.4, 0.5) is 0 Å². The van der Waals surface area contributed by atoms with Crippen molar-refractivity contribution in [3.63, 3.8) is 0 Å². The molecule has 1 aromatic carbocycles. The van der Waals surface area contributed by atoms with Crippen molar-refractivity contribution in [3.8, 4) is 0 Å². The Bertz CT molecular complexity index is 857. The lowest BCUT2D eigenvalue weighted by Crippen LogP contribution is -2.59. The zero-order valence-electron chi connectivity index (χ0n) is 14.2. The summed E-state index contributed by atoms with van der Waals surface area (Å²) in [5, 5.41) is 4.96. The minimum Gasteiger partial charge on any atom is -0.361 e. The number of carbonyl (C=O) groups excluding carboxylic acids is 1. The SMILES string of the molecule is C[C@H]1C[C@H](C)N1C(=O)[C@@H]1C=C2c3cccc4[nH]cc(c34)C[C@H]2NC1. The molecule has 0 unspecified atom stereocenters. The molecule has 3 aliphatic rings. The van der Waals surface area contributed by atoms with Gasteiger partial charge in [0.15, 0.2) is 0 Å². The summed E-state index contributed by atoms with van der Waals surface area (Å²) in [5.74, 6) is 0.240. The predicted octanol–water partition coefficient (Wildman–Crippen LogP) is 2.70. The molecule has 1 fully saturated rings. The Morgan fingerprint density at radius 1 is 1.25 bits per heavy atom. The van der Waals surface area contributed by atoms with Crippen molar-refractivity contribution in [2.45, 2.75) is 44.8 Å². The van der Waals surface area contributed by atoms with Crippen LogP contribution in [0.3, 0.4) is 0 Å². The van der Waals surface area contributed by atoms with E-state index in [4.69, 9.17) is 0 Å². The van der Waals surface area contributed by atoms with Crippen molar-refractivity contribution in [2.24, 2.45) is 5.92 Å². The second kappa shape index (κ2) is 4.96. The van der Waals surface area contributed by atoms with Crippen molar-refractivity contribution in [1.29, 1.82) is 0 Å². The summed E-state index contributed by atoms with van der Waals surface area (Å²) in [6.07, 6.45) is 6.50. The van der Waals surface area contributed by atoms with Crippen molar-refractivity contribution in [2.75, 3.05) is 6.54 Å². The van der Waals surface area contributed by atoms with Crippen LogP contribution in [0, 0.1) is 5.92 Å². The summed E-state index contributed by atoms with van der Waals surface area (Å²) in [5.41, 5.74) is 5.16. The first-order valence-electron chi connectivity index (χ1n) is 9.00. The molecule has 2 aliphatic heterocycles. The molecule has 0 radical (unpaired) electrons. The number of aromatic amines is 1. The smallest absolute Gasteiger partial charge is 0.231 e. The fourth-order valence-electron chi connectivity index (χ4n) is 4.91. The van der Waals surface area contributed by atoms with Gasteiger partial charge < -0.3 is 15.2 Å². The van der Waals surface area contributed by atoms with Gasteiger partial charge in [-0.3, -0.25) is 4.79 Å². The van der Waals surface area contributed by atoms with E-state index in [0.717, 1.165) is 19.4 Å². The standard InChI is InChI=1S/C20H23N3O/c1-11-6-12(2)23(11)20(24)14-7-16-15-4-3-5-17-19(15)13(9-21-17)8-18(16)22-10-14/h3-5,7,9,11-12,14,18,21-22H,6,8,10H2,1-2H3/t11-,12-,14+,18+/m0/s1. The molecular formula is C20H23N3O. The number of aromatic nitrogens is 1. The third-order valence-electron chi connectivity index (χ3n) is 6.07. The van der Waals surface area contributed by atoms with E-state index >= 15 is 0 Å². The van der Waals surface area contributed by atoms with E-state index in [0.29, 0.717) is 18.1 Å². The van der Waals surface area contributed by atoms with Crippen LogP contribution < -0.4 is 5.32 Å². The highest BCUT2D eigenvalue weighted by Gasteiger charge is 2.40. The van der Waals surface area contributed by atoms with Gasteiger partial charge in [-0.05, 0) is 49.5 Å². The van der Waals surface area contributed by atoms with Gasteiger partial charge in [-0.15, -0.1) is 0 Å². The normalized spacial score (nSPS) is 31.4. The van der Waals surface area contributed by atoms with Crippen LogP contribution in [0.2, 0.25) is 0 Å². The predicted molar refractivity (Wildman–Crippen MR) is 95.6 cm³/mol. The number of nitrogens with zero attached hydrogens (tertiary/aromatic N) is 1. The van der Waals surface area contributed by atoms with Crippen LogP contribution in [-0.2, 0) is 11.2 Å². The van der Waals surface area contributed by atoms with Crippen LogP contribution in [0.25, 0.3) is 16.5 Å². The van der Waals surface area contributed by atoms with E-state index in [2.05, 4.69) is 59.5 Å². The highest BCUT2D eigenvalue weighted by Crippen LogP contribution is 2.39. The molecule has 0 bridgehead atoms. The monoisotopic (exact) mass is 321 g/mol. The van der Waals surface area contributed by atoms with Crippen molar-refractivity contribution >= 4 is 22.4 Å². The summed E-state index contributed by atoms with van der Waals surface area (Å²) in [4.78, 5) is 18.4. The van der Waals surface area contributed by atoms with Gasteiger partial charge in [0, 0.05) is 41.8 Å². The third kappa shape index (κ3) is 1.86. The lowest BCUT2D eigenvalue weighted by molar-refractivity contribution is -0.145. The van der Waals surface area contributed by atoms with Gasteiger partial charge >= 0.3 is 0 Å². The minimum absolute atomic E-state index is 0.0443. The average molecular weight is 321 g/mol. The van der Waals surface area contributed by atoms with Gasteiger partial charge in [-0.1, -0.05) is 18.2 Å². The van der Waals surface area contributed by atoms with Crippen LogP contribution in [0.15, 0.2) is 30.5 Å². The lowest BCUT2D eigenvalue weighted by Gasteiger charge is -2.47. The van der Waals surface area contributed by atoms with Gasteiger partial charge in [0.1, 0.15) is 0 Å². The molecule has 5 rings (SSSR count). The number of likely N-dealkylation sites (tertiary alicyclic amines) is 1. The average Bonchev–Trinajstić information content (AvgIpc) is 2.99. The van der Waals surface area contributed by atoms with Crippen molar-refractivity contribution < 1.29 is 4.79 Å². The lowest BCUT2D eigenvalue weighted by atomic mass is 9.80. The van der Waals surface area contributed by atoms with Crippen LogP contribution >= 0.6 is 0 Å². The minimum atomic E-state index is -0.0443. The molecule has 0 saturated carbocycles. The molecule has 4 nitrogen and oxygen atoms in total. The molecule has 1 aromatic heterocycles. The van der Waals surface area contributed by atoms with Gasteiger partial charge in [0.05, 0.1) is 5.92 Å². The molecular weight excluding hydrogens is 298 g/mol. The molecule has 24 heavy (non-hydrogen) atoms. The quantitative estimate of drug-likeness (QED) is 0.848. The molecule has 4 heteroatoms. The van der Waals surface area contributed by atoms with E-state index in [-0.39, 0.29) is 11.8 Å². The fraction of sp³-hybridized carbons (Fsp3) is 0.450. The number of amides is 1. The Balaban J connectivity index is 1.55. The molecule has 1 saturated heterocycles. The Kier molecular flexibility index (Phi) is 2.95. The van der Waals surface area contributed by atoms with E-state index in [1.165, 1.54) is 27.6 Å². The topological polar surface area (TPSA) is 48.1 Å². The highest BCUT2D eigenvalue weighted by atomic mass is 16.2. The molecule has 4 atom stereocenters. The maximum absolute atomic E-state index is 12.9. The molecule has 0 spiro atoms. The number of fused-ring (bicyclic) bond motifs is 2. The van der Waals surface area contributed by atoms with Crippen LogP contribution in [-0.4, -0.2) is 40.5 Å². The third-order valence-corrected chi connectivity index (χ3v) is 6.07. The fourth-order valence-corrected chi connectivity index (χ4v) is 4.91. The van der Waals surface area contributed by atoms with Gasteiger partial charge in [-0.2, -0.15) is 0 Å². The van der Waals surface area contributed by atoms with E-state index in [1.54, 1.807) is 0 Å². The zero-order chi connectivity index (χ0) is 16.4. The summed E-state index contributed by atoms with van der Waals surface area (Å²) in [6, 6.07) is 7.53. The maximum Gasteiger partial charge on any atom is 0.231 e. The Morgan fingerprint density at radius 3 is 2.88 bits per heavy atom. The van der Waals surface area contributed by atoms with Crippen LogP contribution in [0.1, 0.15) is 31.4 Å². The molecule has 3 heterocycles. The molecule has 1 amide bonds. The molecule has 124 valence electrons. The summed E-state index contributed by atoms with van der Waals surface area (Å²) >= 11 is 0. The number of nitrogens with one attached hydrogen (secondary N) is 2. The number of H-pyrrole nitrogens is 1. The number of benzene rings is 1. The van der Waals surface area contributed by atoms with Gasteiger partial charge in [0.2, 0.25) is 5.91 Å². The van der Waals surface area contributed by atoms with E-state index < -0.39 is 0 Å². The number of hydrogen-bond acceptors (Lipinski definition) is 2. The first kappa shape index (κ1) is 14.3. The Morgan fingerprint density at radius 2 is 2.08 bits per heavy atom. The maximum atomic E-state index is 12.9. The first-order valence-corrected chi connectivity index (χ1v) is 9.00. The van der Waals surface area contributed by atoms with Crippen molar-refractivity contribution in [3.05, 3.63) is 41.6 Å². The zero-order valence-corrected chi connectivity index (χ0v) is 14.2. The second-order valence-corrected chi connectivity index (χ2v) is 7.61. The first-order chi connectivity index (χ1) is 11.6. The summed E-state index contributed by atoms with van der Waals surface area (Å²) in [6.45, 7) is 5.05. The van der Waals surface area contributed by atoms with Crippen LogP contribution in [0.5, 0.6) is 0 Å². The Labute approximate surface area is 141 Å². The number of rotatable bonds is 1. The largest absolute Gasteiger partial charge is 0.361 e. The second-order valence-electron chi connectivity index (χ2n) is 7.61. The number of hydrogen-bond donors (Lipinski definition) is 2. The molecule has 2 N–H and O–H groups in total. The number of carbonyl (C=O) groups is 1. The van der Waals surface area contributed by atoms with Crippen molar-refractivity contribution in [1.82, 2.24) is 15.2 Å². The highest BCUT2D eigenvalue weighted by molar-refractivity contribution is 5.99. The summed E-state index contributed by atoms with van der Waals surface area (Å²) in [7, 11) is 0. The van der Waals surface area contributed by atoms with Gasteiger partial charge in [0.25, 0.3) is 0 Å². The molecule has 2 aromatic rings. The Hall–Kier alpha value is -2.07. The summed E-state index contributed by atoms with van der Waals surface area (Å²) < 4.78 is 0. The van der Waals surface area contributed by atoms with Gasteiger partial charge in [-0.25, -0.2) is 0 Å².